The molecule has 8 heteroatoms. The Morgan fingerprint density at radius 2 is 1.79 bits per heavy atom. The maximum atomic E-state index is 6.08. The second-order valence-electron chi connectivity index (χ2n) is 6.30. The zero-order valence-corrected chi connectivity index (χ0v) is 17.1. The second-order valence-corrected chi connectivity index (χ2v) is 8.01. The quantitative estimate of drug-likeness (QED) is 0.478. The first-order valence-corrected chi connectivity index (χ1v) is 10.1. The minimum absolute atomic E-state index is 0.642. The van der Waals surface area contributed by atoms with Crippen molar-refractivity contribution in [2.75, 3.05) is 5.32 Å². The SMILES string of the molecule is CCc1c(C)nc(-c2ccc(Cl)s2)nc1Nc1ccc(Cn2nccn2)cc1. The van der Waals surface area contributed by atoms with Gasteiger partial charge in [-0.15, -0.1) is 11.3 Å². The number of halogens is 1. The molecule has 0 radical (unpaired) electrons. The number of benzene rings is 1. The van der Waals surface area contributed by atoms with E-state index < -0.39 is 0 Å². The molecule has 0 spiro atoms. The summed E-state index contributed by atoms with van der Waals surface area (Å²) in [5.41, 5.74) is 4.18. The average Bonchev–Trinajstić information content (AvgIpc) is 3.35. The van der Waals surface area contributed by atoms with Crippen LogP contribution < -0.4 is 5.32 Å². The highest BCUT2D eigenvalue weighted by molar-refractivity contribution is 7.19. The Morgan fingerprint density at radius 1 is 1.04 bits per heavy atom. The van der Waals surface area contributed by atoms with Gasteiger partial charge in [0, 0.05) is 16.9 Å². The average molecular weight is 411 g/mol. The van der Waals surface area contributed by atoms with Crippen LogP contribution in [0.2, 0.25) is 4.34 Å². The summed E-state index contributed by atoms with van der Waals surface area (Å²) in [5, 5.41) is 11.7. The van der Waals surface area contributed by atoms with E-state index in [0.717, 1.165) is 44.0 Å². The highest BCUT2D eigenvalue weighted by Crippen LogP contribution is 2.31. The Hall–Kier alpha value is -2.77. The lowest BCUT2D eigenvalue weighted by atomic mass is 10.1. The summed E-state index contributed by atoms with van der Waals surface area (Å²) in [4.78, 5) is 12.1. The Labute approximate surface area is 172 Å². The first kappa shape index (κ1) is 18.6. The number of anilines is 2. The maximum absolute atomic E-state index is 6.08. The highest BCUT2D eigenvalue weighted by atomic mass is 35.5. The third kappa shape index (κ3) is 4.05. The number of aryl methyl sites for hydroxylation is 1. The van der Waals surface area contributed by atoms with E-state index in [9.17, 15) is 0 Å². The van der Waals surface area contributed by atoms with Crippen LogP contribution in [0.15, 0.2) is 48.8 Å². The lowest BCUT2D eigenvalue weighted by molar-refractivity contribution is 0.591. The maximum Gasteiger partial charge on any atom is 0.171 e. The van der Waals surface area contributed by atoms with Gasteiger partial charge in [0.2, 0.25) is 0 Å². The topological polar surface area (TPSA) is 68.5 Å². The van der Waals surface area contributed by atoms with E-state index in [1.54, 1.807) is 17.2 Å². The molecule has 0 saturated carbocycles. The Balaban J connectivity index is 1.60. The molecule has 0 atom stereocenters. The standard InChI is InChI=1S/C20H19ClN6S/c1-3-16-13(2)24-20(17-8-9-18(21)28-17)26-19(16)25-15-6-4-14(5-7-15)12-27-22-10-11-23-27/h4-11H,3,12H2,1-2H3,(H,24,25,26). The van der Waals surface area contributed by atoms with Gasteiger partial charge in [-0.1, -0.05) is 30.7 Å². The summed E-state index contributed by atoms with van der Waals surface area (Å²) in [7, 11) is 0. The van der Waals surface area contributed by atoms with Crippen LogP contribution >= 0.6 is 22.9 Å². The summed E-state index contributed by atoms with van der Waals surface area (Å²) < 4.78 is 0.729. The molecule has 0 aliphatic heterocycles. The molecule has 1 N–H and O–H groups in total. The predicted molar refractivity (Wildman–Crippen MR) is 113 cm³/mol. The van der Waals surface area contributed by atoms with E-state index >= 15 is 0 Å². The molecule has 4 aromatic rings. The van der Waals surface area contributed by atoms with Gasteiger partial charge in [0.1, 0.15) is 5.82 Å². The number of thiophene rings is 1. The minimum Gasteiger partial charge on any atom is -0.340 e. The van der Waals surface area contributed by atoms with Crippen LogP contribution in [-0.2, 0) is 13.0 Å². The van der Waals surface area contributed by atoms with Crippen molar-refractivity contribution in [1.82, 2.24) is 25.0 Å². The Bertz CT molecular complexity index is 1070. The van der Waals surface area contributed by atoms with Crippen LogP contribution in [0.4, 0.5) is 11.5 Å². The van der Waals surface area contributed by atoms with Crippen LogP contribution in [0.25, 0.3) is 10.7 Å². The number of nitrogens with zero attached hydrogens (tertiary/aromatic N) is 5. The molecular weight excluding hydrogens is 392 g/mol. The molecule has 28 heavy (non-hydrogen) atoms. The molecule has 0 amide bonds. The zero-order chi connectivity index (χ0) is 19.5. The summed E-state index contributed by atoms with van der Waals surface area (Å²) in [6, 6.07) is 12.0. The second kappa shape index (κ2) is 8.08. The molecule has 0 aliphatic rings. The van der Waals surface area contributed by atoms with Gasteiger partial charge in [-0.3, -0.25) is 0 Å². The van der Waals surface area contributed by atoms with Crippen LogP contribution in [0.3, 0.4) is 0 Å². The van der Waals surface area contributed by atoms with E-state index in [2.05, 4.69) is 39.6 Å². The van der Waals surface area contributed by atoms with Crippen molar-refractivity contribution in [2.45, 2.75) is 26.8 Å². The van der Waals surface area contributed by atoms with Crippen molar-refractivity contribution in [3.63, 3.8) is 0 Å². The fraction of sp³-hybridized carbons (Fsp3) is 0.200. The monoisotopic (exact) mass is 410 g/mol. The largest absolute Gasteiger partial charge is 0.340 e. The number of hydrogen-bond donors (Lipinski definition) is 1. The van der Waals surface area contributed by atoms with Gasteiger partial charge in [-0.2, -0.15) is 15.0 Å². The van der Waals surface area contributed by atoms with Crippen molar-refractivity contribution in [1.29, 1.82) is 0 Å². The van der Waals surface area contributed by atoms with Gasteiger partial charge in [-0.05, 0) is 43.2 Å². The Morgan fingerprint density at radius 3 is 2.43 bits per heavy atom. The molecule has 3 heterocycles. The van der Waals surface area contributed by atoms with E-state index in [1.807, 2.05) is 31.2 Å². The van der Waals surface area contributed by atoms with E-state index in [4.69, 9.17) is 16.6 Å². The molecule has 0 saturated heterocycles. The molecule has 0 unspecified atom stereocenters. The number of rotatable bonds is 6. The molecule has 0 aliphatic carbocycles. The number of nitrogens with one attached hydrogen (secondary N) is 1. The van der Waals surface area contributed by atoms with Crippen LogP contribution in [0.5, 0.6) is 0 Å². The van der Waals surface area contributed by atoms with Crippen molar-refractivity contribution >= 4 is 34.4 Å². The zero-order valence-electron chi connectivity index (χ0n) is 15.6. The number of hydrogen-bond acceptors (Lipinski definition) is 6. The molecule has 142 valence electrons. The normalized spacial score (nSPS) is 11.0. The van der Waals surface area contributed by atoms with Gasteiger partial charge >= 0.3 is 0 Å². The van der Waals surface area contributed by atoms with Crippen molar-refractivity contribution in [2.24, 2.45) is 0 Å². The molecule has 0 bridgehead atoms. The van der Waals surface area contributed by atoms with Crippen LogP contribution in [0.1, 0.15) is 23.7 Å². The molecular formula is C20H19ClN6S. The first-order valence-electron chi connectivity index (χ1n) is 8.95. The molecule has 6 nitrogen and oxygen atoms in total. The van der Waals surface area contributed by atoms with E-state index in [1.165, 1.54) is 11.3 Å². The van der Waals surface area contributed by atoms with Gasteiger partial charge in [-0.25, -0.2) is 9.97 Å². The third-order valence-corrected chi connectivity index (χ3v) is 5.60. The highest BCUT2D eigenvalue weighted by Gasteiger charge is 2.13. The summed E-state index contributed by atoms with van der Waals surface area (Å²) in [6.07, 6.45) is 4.21. The third-order valence-electron chi connectivity index (χ3n) is 4.37. The predicted octanol–water partition coefficient (Wildman–Crippen LogP) is 5.11. The lowest BCUT2D eigenvalue weighted by Crippen LogP contribution is -2.05. The summed E-state index contributed by atoms with van der Waals surface area (Å²) >= 11 is 7.56. The van der Waals surface area contributed by atoms with Crippen molar-refractivity contribution in [3.05, 3.63) is 69.9 Å². The van der Waals surface area contributed by atoms with Crippen LogP contribution in [-0.4, -0.2) is 25.0 Å². The fourth-order valence-electron chi connectivity index (χ4n) is 2.99. The lowest BCUT2D eigenvalue weighted by Gasteiger charge is -2.14. The molecule has 1 aromatic carbocycles. The van der Waals surface area contributed by atoms with E-state index in [-0.39, 0.29) is 0 Å². The van der Waals surface area contributed by atoms with Crippen molar-refractivity contribution < 1.29 is 0 Å². The van der Waals surface area contributed by atoms with Crippen molar-refractivity contribution in [3.8, 4) is 10.7 Å². The summed E-state index contributed by atoms with van der Waals surface area (Å²) in [5.74, 6) is 1.52. The first-order chi connectivity index (χ1) is 13.6. The molecule has 4 rings (SSSR count). The smallest absolute Gasteiger partial charge is 0.171 e. The van der Waals surface area contributed by atoms with Gasteiger partial charge in [0.15, 0.2) is 5.82 Å². The van der Waals surface area contributed by atoms with Gasteiger partial charge in [0.25, 0.3) is 0 Å². The van der Waals surface area contributed by atoms with Gasteiger partial charge < -0.3 is 5.32 Å². The summed E-state index contributed by atoms with van der Waals surface area (Å²) in [6.45, 7) is 4.77. The van der Waals surface area contributed by atoms with Gasteiger partial charge in [0.05, 0.1) is 28.2 Å². The van der Waals surface area contributed by atoms with Crippen LogP contribution in [0, 0.1) is 6.92 Å². The number of aromatic nitrogens is 5. The van der Waals surface area contributed by atoms with E-state index in [0.29, 0.717) is 12.4 Å². The Kier molecular flexibility index (Phi) is 5.36. The molecule has 0 fully saturated rings. The molecule has 3 aromatic heterocycles. The minimum atomic E-state index is 0.642. The fourth-order valence-corrected chi connectivity index (χ4v) is 3.96.